The van der Waals surface area contributed by atoms with Gasteiger partial charge in [0.25, 0.3) is 0 Å². The van der Waals surface area contributed by atoms with Crippen LogP contribution >= 0.6 is 15.9 Å². The summed E-state index contributed by atoms with van der Waals surface area (Å²) in [4.78, 5) is 4.29. The van der Waals surface area contributed by atoms with Gasteiger partial charge in [-0.1, -0.05) is 28.1 Å². The molecule has 1 unspecified atom stereocenters. The summed E-state index contributed by atoms with van der Waals surface area (Å²) in [6.07, 6.45) is 5.07. The first-order valence-corrected chi connectivity index (χ1v) is 6.62. The normalized spacial score (nSPS) is 19.7. The Morgan fingerprint density at radius 2 is 2.12 bits per heavy atom. The maximum Gasteiger partial charge on any atom is 0.0954 e. The van der Waals surface area contributed by atoms with Crippen molar-refractivity contribution in [2.24, 2.45) is 0 Å². The van der Waals surface area contributed by atoms with Crippen molar-refractivity contribution in [1.29, 1.82) is 0 Å². The van der Waals surface area contributed by atoms with Gasteiger partial charge in [0, 0.05) is 17.1 Å². The van der Waals surface area contributed by atoms with Crippen LogP contribution in [0.1, 0.15) is 12.5 Å². The van der Waals surface area contributed by atoms with Crippen molar-refractivity contribution in [3.63, 3.8) is 0 Å². The zero-order chi connectivity index (χ0) is 11.7. The van der Waals surface area contributed by atoms with E-state index in [1.165, 1.54) is 17.7 Å². The monoisotopic (exact) mass is 291 g/mol. The molecule has 0 aliphatic carbocycles. The van der Waals surface area contributed by atoms with Crippen molar-refractivity contribution in [1.82, 2.24) is 14.9 Å². The Bertz CT molecular complexity index is 498. The average molecular weight is 292 g/mol. The first-order chi connectivity index (χ1) is 8.34. The van der Waals surface area contributed by atoms with Crippen molar-refractivity contribution in [2.45, 2.75) is 12.5 Å². The molecule has 0 bridgehead atoms. The minimum absolute atomic E-state index is 0.538. The van der Waals surface area contributed by atoms with Crippen LogP contribution in [-0.4, -0.2) is 22.6 Å². The maximum atomic E-state index is 4.29. The minimum atomic E-state index is 0.538. The highest BCUT2D eigenvalue weighted by molar-refractivity contribution is 9.10. The summed E-state index contributed by atoms with van der Waals surface area (Å²) < 4.78 is 3.39. The van der Waals surface area contributed by atoms with Gasteiger partial charge in [-0.2, -0.15) is 0 Å². The molecule has 1 aromatic carbocycles. The summed E-state index contributed by atoms with van der Waals surface area (Å²) in [6, 6.07) is 8.93. The van der Waals surface area contributed by atoms with Crippen LogP contribution < -0.4 is 5.32 Å². The predicted octanol–water partition coefficient (Wildman–Crippen LogP) is 2.85. The highest BCUT2D eigenvalue weighted by Gasteiger charge is 2.18. The summed E-state index contributed by atoms with van der Waals surface area (Å²) in [6.45, 7) is 2.14. The zero-order valence-electron chi connectivity index (χ0n) is 9.44. The number of halogens is 1. The van der Waals surface area contributed by atoms with Crippen molar-refractivity contribution < 1.29 is 0 Å². The first kappa shape index (κ1) is 11.0. The fraction of sp³-hybridized carbons (Fsp3) is 0.308. The zero-order valence-corrected chi connectivity index (χ0v) is 11.0. The second-order valence-electron chi connectivity index (χ2n) is 4.34. The van der Waals surface area contributed by atoms with E-state index in [0.717, 1.165) is 17.6 Å². The van der Waals surface area contributed by atoms with E-state index in [1.807, 2.05) is 12.5 Å². The molecule has 0 saturated carbocycles. The van der Waals surface area contributed by atoms with Gasteiger partial charge in [-0.05, 0) is 30.7 Å². The smallest absolute Gasteiger partial charge is 0.0954 e. The summed E-state index contributed by atoms with van der Waals surface area (Å²) in [5.41, 5.74) is 2.42. The second kappa shape index (κ2) is 4.63. The van der Waals surface area contributed by atoms with E-state index in [0.29, 0.717) is 6.04 Å². The molecule has 3 rings (SSSR count). The Balaban J connectivity index is 1.97. The van der Waals surface area contributed by atoms with Crippen LogP contribution in [0.5, 0.6) is 0 Å². The number of rotatable bonds is 2. The quantitative estimate of drug-likeness (QED) is 0.922. The van der Waals surface area contributed by atoms with E-state index in [2.05, 4.69) is 55.1 Å². The molecule has 1 aromatic heterocycles. The maximum absolute atomic E-state index is 4.29. The van der Waals surface area contributed by atoms with Crippen LogP contribution in [0.3, 0.4) is 0 Å². The van der Waals surface area contributed by atoms with E-state index in [4.69, 9.17) is 0 Å². The summed E-state index contributed by atoms with van der Waals surface area (Å²) in [5.74, 6) is 0. The third-order valence-electron chi connectivity index (χ3n) is 3.23. The van der Waals surface area contributed by atoms with Gasteiger partial charge in [0.2, 0.25) is 0 Å². The number of benzene rings is 1. The van der Waals surface area contributed by atoms with Crippen LogP contribution in [0.4, 0.5) is 0 Å². The van der Waals surface area contributed by atoms with Crippen molar-refractivity contribution in [3.8, 4) is 11.3 Å². The van der Waals surface area contributed by atoms with Crippen LogP contribution in [0.2, 0.25) is 0 Å². The van der Waals surface area contributed by atoms with E-state index < -0.39 is 0 Å². The lowest BCUT2D eigenvalue weighted by Gasteiger charge is -2.14. The first-order valence-electron chi connectivity index (χ1n) is 5.83. The molecule has 2 aromatic rings. The van der Waals surface area contributed by atoms with Crippen LogP contribution in [0, 0.1) is 0 Å². The molecule has 0 radical (unpaired) electrons. The highest BCUT2D eigenvalue weighted by Crippen LogP contribution is 2.26. The van der Waals surface area contributed by atoms with Gasteiger partial charge in [0.1, 0.15) is 0 Å². The van der Waals surface area contributed by atoms with E-state index in [-0.39, 0.29) is 0 Å². The molecule has 3 nitrogen and oxygen atoms in total. The average Bonchev–Trinajstić information content (AvgIpc) is 3.00. The SMILES string of the molecule is Brc1ccc(-c2cncn2C2CCNC2)cc1. The van der Waals surface area contributed by atoms with Crippen molar-refractivity contribution in [2.75, 3.05) is 13.1 Å². The molecule has 0 spiro atoms. The van der Waals surface area contributed by atoms with Crippen molar-refractivity contribution in [3.05, 3.63) is 41.3 Å². The van der Waals surface area contributed by atoms with Gasteiger partial charge in [-0.25, -0.2) is 4.98 Å². The summed E-state index contributed by atoms with van der Waals surface area (Å²) >= 11 is 3.46. The number of hydrogen-bond acceptors (Lipinski definition) is 2. The molecule has 17 heavy (non-hydrogen) atoms. The number of nitrogens with zero attached hydrogens (tertiary/aromatic N) is 2. The lowest BCUT2D eigenvalue weighted by atomic mass is 10.1. The summed E-state index contributed by atoms with van der Waals surface area (Å²) in [7, 11) is 0. The topological polar surface area (TPSA) is 29.9 Å². The van der Waals surface area contributed by atoms with Crippen molar-refractivity contribution >= 4 is 15.9 Å². The number of imidazole rings is 1. The Morgan fingerprint density at radius 3 is 2.82 bits per heavy atom. The van der Waals surface area contributed by atoms with Gasteiger partial charge >= 0.3 is 0 Å². The van der Waals surface area contributed by atoms with Crippen LogP contribution in [0.15, 0.2) is 41.3 Å². The third-order valence-corrected chi connectivity index (χ3v) is 3.76. The Morgan fingerprint density at radius 1 is 1.29 bits per heavy atom. The molecular formula is C13H14BrN3. The number of aromatic nitrogens is 2. The molecule has 0 amide bonds. The van der Waals surface area contributed by atoms with Gasteiger partial charge < -0.3 is 9.88 Å². The molecule has 88 valence electrons. The largest absolute Gasteiger partial charge is 0.326 e. The molecule has 1 saturated heterocycles. The fourth-order valence-electron chi connectivity index (χ4n) is 2.32. The standard InChI is InChI=1S/C13H14BrN3/c14-11-3-1-10(2-4-11)13-8-16-9-17(13)12-5-6-15-7-12/h1-4,8-9,12,15H,5-7H2. The highest BCUT2D eigenvalue weighted by atomic mass is 79.9. The fourth-order valence-corrected chi connectivity index (χ4v) is 2.58. The van der Waals surface area contributed by atoms with Gasteiger partial charge in [-0.3, -0.25) is 0 Å². The molecule has 1 aliphatic heterocycles. The molecule has 1 aliphatic rings. The minimum Gasteiger partial charge on any atom is -0.326 e. The Kier molecular flexibility index (Phi) is 2.99. The molecule has 1 fully saturated rings. The van der Waals surface area contributed by atoms with Gasteiger partial charge in [-0.15, -0.1) is 0 Å². The van der Waals surface area contributed by atoms with Gasteiger partial charge in [0.15, 0.2) is 0 Å². The van der Waals surface area contributed by atoms with E-state index in [9.17, 15) is 0 Å². The third kappa shape index (κ3) is 2.15. The molecule has 4 heteroatoms. The van der Waals surface area contributed by atoms with E-state index in [1.54, 1.807) is 0 Å². The second-order valence-corrected chi connectivity index (χ2v) is 5.26. The predicted molar refractivity (Wildman–Crippen MR) is 71.9 cm³/mol. The number of nitrogens with one attached hydrogen (secondary N) is 1. The molecule has 2 heterocycles. The number of hydrogen-bond donors (Lipinski definition) is 1. The van der Waals surface area contributed by atoms with Crippen LogP contribution in [0.25, 0.3) is 11.3 Å². The van der Waals surface area contributed by atoms with Crippen LogP contribution in [-0.2, 0) is 0 Å². The lowest BCUT2D eigenvalue weighted by Crippen LogP contribution is -2.13. The Hall–Kier alpha value is -1.13. The van der Waals surface area contributed by atoms with Gasteiger partial charge in [0.05, 0.1) is 18.2 Å². The Labute approximate surface area is 109 Å². The summed E-state index contributed by atoms with van der Waals surface area (Å²) in [5, 5.41) is 3.39. The molecular weight excluding hydrogens is 278 g/mol. The molecule has 1 N–H and O–H groups in total. The lowest BCUT2D eigenvalue weighted by molar-refractivity contribution is 0.551. The molecule has 1 atom stereocenters. The van der Waals surface area contributed by atoms with E-state index >= 15 is 0 Å².